The molecule has 12 heavy (non-hydrogen) atoms. The molecule has 1 atom stereocenters. The highest BCUT2D eigenvalue weighted by atomic mass is 32.2. The first kappa shape index (κ1) is 9.86. The van der Waals surface area contributed by atoms with Crippen molar-refractivity contribution in [3.8, 4) is 0 Å². The largest absolute Gasteiger partial charge is 0.481 e. The first-order valence-corrected chi connectivity index (χ1v) is 5.38. The molecule has 1 unspecified atom stereocenters. The Hall–Kier alpha value is -0.220. The molecule has 3 nitrogen and oxygen atoms in total. The lowest BCUT2D eigenvalue weighted by molar-refractivity contribution is -0.136. The molecule has 70 valence electrons. The van der Waals surface area contributed by atoms with Gasteiger partial charge in [0.25, 0.3) is 0 Å². The van der Waals surface area contributed by atoms with Gasteiger partial charge in [0.2, 0.25) is 0 Å². The maximum Gasteiger partial charge on any atom is 0.304 e. The Labute approximate surface area is 76.9 Å². The van der Waals surface area contributed by atoms with Gasteiger partial charge in [-0.25, -0.2) is 0 Å². The van der Waals surface area contributed by atoms with E-state index in [0.29, 0.717) is 11.7 Å². The summed E-state index contributed by atoms with van der Waals surface area (Å²) in [6, 6.07) is 0. The fourth-order valence-corrected chi connectivity index (χ4v) is 2.47. The number of hydrogen-bond donors (Lipinski definition) is 2. The van der Waals surface area contributed by atoms with Crippen LogP contribution in [0.5, 0.6) is 0 Å². The Morgan fingerprint density at radius 3 is 3.08 bits per heavy atom. The van der Waals surface area contributed by atoms with E-state index in [4.69, 9.17) is 5.11 Å². The van der Waals surface area contributed by atoms with Crippen molar-refractivity contribution >= 4 is 17.7 Å². The smallest absolute Gasteiger partial charge is 0.304 e. The molecule has 1 aliphatic heterocycles. The molecular formula is C8H15NO2S. The maximum absolute atomic E-state index is 10.2. The Morgan fingerprint density at radius 2 is 2.50 bits per heavy atom. The predicted octanol–water partition coefficient (Wildman–Crippen LogP) is 0.946. The number of carboxylic acids is 1. The van der Waals surface area contributed by atoms with Gasteiger partial charge in [0.15, 0.2) is 0 Å². The Balaban J connectivity index is 2.01. The fourth-order valence-electron chi connectivity index (χ4n) is 1.28. The average molecular weight is 189 g/mol. The van der Waals surface area contributed by atoms with E-state index in [1.807, 2.05) is 0 Å². The van der Waals surface area contributed by atoms with E-state index < -0.39 is 5.97 Å². The SMILES string of the molecule is O=C(O)CCSC1CCCNC1. The van der Waals surface area contributed by atoms with Crippen LogP contribution in [0.2, 0.25) is 0 Å². The van der Waals surface area contributed by atoms with Crippen LogP contribution in [0.4, 0.5) is 0 Å². The number of piperidine rings is 1. The lowest BCUT2D eigenvalue weighted by Crippen LogP contribution is -2.31. The molecule has 2 N–H and O–H groups in total. The Bertz CT molecular complexity index is 146. The van der Waals surface area contributed by atoms with E-state index in [1.54, 1.807) is 11.8 Å². The highest BCUT2D eigenvalue weighted by molar-refractivity contribution is 7.99. The number of hydrogen-bond acceptors (Lipinski definition) is 3. The predicted molar refractivity (Wildman–Crippen MR) is 50.6 cm³/mol. The second-order valence-corrected chi connectivity index (χ2v) is 4.39. The quantitative estimate of drug-likeness (QED) is 0.691. The van der Waals surface area contributed by atoms with Crippen LogP contribution in [0.25, 0.3) is 0 Å². The van der Waals surface area contributed by atoms with Crippen molar-refractivity contribution in [3.05, 3.63) is 0 Å². The molecule has 0 aromatic rings. The van der Waals surface area contributed by atoms with Crippen LogP contribution in [0.15, 0.2) is 0 Å². The Morgan fingerprint density at radius 1 is 1.67 bits per heavy atom. The number of nitrogens with one attached hydrogen (secondary N) is 1. The normalized spacial score (nSPS) is 23.8. The van der Waals surface area contributed by atoms with Crippen molar-refractivity contribution in [1.29, 1.82) is 0 Å². The van der Waals surface area contributed by atoms with Gasteiger partial charge in [-0.05, 0) is 19.4 Å². The molecule has 0 aliphatic carbocycles. The lowest BCUT2D eigenvalue weighted by atomic mass is 10.2. The van der Waals surface area contributed by atoms with Crippen molar-refractivity contribution < 1.29 is 9.90 Å². The van der Waals surface area contributed by atoms with Crippen LogP contribution in [0.3, 0.4) is 0 Å². The van der Waals surface area contributed by atoms with Crippen molar-refractivity contribution in [3.63, 3.8) is 0 Å². The highest BCUT2D eigenvalue weighted by Crippen LogP contribution is 2.18. The van der Waals surface area contributed by atoms with Gasteiger partial charge < -0.3 is 10.4 Å². The average Bonchev–Trinajstić information content (AvgIpc) is 2.05. The number of carbonyl (C=O) groups is 1. The lowest BCUT2D eigenvalue weighted by Gasteiger charge is -2.21. The molecule has 0 aromatic heterocycles. The fraction of sp³-hybridized carbons (Fsp3) is 0.875. The van der Waals surface area contributed by atoms with Crippen molar-refractivity contribution in [1.82, 2.24) is 5.32 Å². The van der Waals surface area contributed by atoms with Crippen molar-refractivity contribution in [2.24, 2.45) is 0 Å². The summed E-state index contributed by atoms with van der Waals surface area (Å²) in [5.41, 5.74) is 0. The molecule has 1 fully saturated rings. The number of rotatable bonds is 4. The minimum absolute atomic E-state index is 0.293. The number of carboxylic acid groups (broad SMARTS) is 1. The van der Waals surface area contributed by atoms with Crippen molar-refractivity contribution in [2.75, 3.05) is 18.8 Å². The standard InChI is InChI=1S/C8H15NO2S/c10-8(11)3-5-12-7-2-1-4-9-6-7/h7,9H,1-6H2,(H,10,11). The molecule has 4 heteroatoms. The van der Waals surface area contributed by atoms with Gasteiger partial charge in [-0.3, -0.25) is 4.79 Å². The highest BCUT2D eigenvalue weighted by Gasteiger charge is 2.12. The van der Waals surface area contributed by atoms with Crippen molar-refractivity contribution in [2.45, 2.75) is 24.5 Å². The zero-order valence-corrected chi connectivity index (χ0v) is 7.90. The zero-order valence-electron chi connectivity index (χ0n) is 7.08. The monoisotopic (exact) mass is 189 g/mol. The van der Waals surface area contributed by atoms with Crippen LogP contribution in [0.1, 0.15) is 19.3 Å². The van der Waals surface area contributed by atoms with Crippen LogP contribution in [0, 0.1) is 0 Å². The molecule has 0 aromatic carbocycles. The molecule has 0 bridgehead atoms. The minimum Gasteiger partial charge on any atom is -0.481 e. The van der Waals surface area contributed by atoms with Gasteiger partial charge in [-0.2, -0.15) is 11.8 Å². The molecule has 0 radical (unpaired) electrons. The summed E-state index contributed by atoms with van der Waals surface area (Å²) >= 11 is 1.78. The first-order valence-electron chi connectivity index (χ1n) is 4.33. The van der Waals surface area contributed by atoms with Gasteiger partial charge in [0.05, 0.1) is 6.42 Å². The summed E-state index contributed by atoms with van der Waals surface area (Å²) in [6.07, 6.45) is 2.75. The minimum atomic E-state index is -0.689. The van der Waals surface area contributed by atoms with Gasteiger partial charge in [-0.1, -0.05) is 0 Å². The zero-order chi connectivity index (χ0) is 8.81. The van der Waals surface area contributed by atoms with E-state index in [1.165, 1.54) is 12.8 Å². The molecule has 1 aliphatic rings. The summed E-state index contributed by atoms with van der Waals surface area (Å²) in [5, 5.41) is 12.4. The second kappa shape index (κ2) is 5.43. The molecule has 1 rings (SSSR count). The summed E-state index contributed by atoms with van der Waals surface area (Å²) < 4.78 is 0. The number of aliphatic carboxylic acids is 1. The molecule has 1 saturated heterocycles. The molecule has 0 spiro atoms. The van der Waals surface area contributed by atoms with E-state index in [9.17, 15) is 4.79 Å². The van der Waals surface area contributed by atoms with Crippen LogP contribution in [-0.4, -0.2) is 35.2 Å². The third-order valence-electron chi connectivity index (χ3n) is 1.92. The second-order valence-electron chi connectivity index (χ2n) is 2.98. The molecular weight excluding hydrogens is 174 g/mol. The van der Waals surface area contributed by atoms with E-state index >= 15 is 0 Å². The van der Waals surface area contributed by atoms with Crippen LogP contribution >= 0.6 is 11.8 Å². The van der Waals surface area contributed by atoms with E-state index in [2.05, 4.69) is 5.32 Å². The van der Waals surface area contributed by atoms with Gasteiger partial charge in [0, 0.05) is 17.5 Å². The third kappa shape index (κ3) is 3.97. The van der Waals surface area contributed by atoms with E-state index in [-0.39, 0.29) is 0 Å². The topological polar surface area (TPSA) is 49.3 Å². The Kier molecular flexibility index (Phi) is 4.46. The molecule has 1 heterocycles. The third-order valence-corrected chi connectivity index (χ3v) is 3.23. The molecule has 0 saturated carbocycles. The summed E-state index contributed by atoms with van der Waals surface area (Å²) in [4.78, 5) is 10.2. The summed E-state index contributed by atoms with van der Waals surface area (Å²) in [7, 11) is 0. The van der Waals surface area contributed by atoms with Gasteiger partial charge >= 0.3 is 5.97 Å². The van der Waals surface area contributed by atoms with E-state index in [0.717, 1.165) is 18.8 Å². The van der Waals surface area contributed by atoms with Crippen LogP contribution < -0.4 is 5.32 Å². The van der Waals surface area contributed by atoms with Crippen LogP contribution in [-0.2, 0) is 4.79 Å². The van der Waals surface area contributed by atoms with Gasteiger partial charge in [0.1, 0.15) is 0 Å². The maximum atomic E-state index is 10.2. The summed E-state index contributed by atoms with van der Waals surface area (Å²) in [6.45, 7) is 2.17. The number of thioether (sulfide) groups is 1. The first-order chi connectivity index (χ1) is 5.79. The van der Waals surface area contributed by atoms with Gasteiger partial charge in [-0.15, -0.1) is 0 Å². The summed E-state index contributed by atoms with van der Waals surface area (Å²) in [5.74, 6) is 0.0630. The molecule has 0 amide bonds.